The predicted molar refractivity (Wildman–Crippen MR) is 70.9 cm³/mol. The number of carbonyl (C=O) groups is 1. The van der Waals surface area contributed by atoms with Crippen molar-refractivity contribution < 1.29 is 4.79 Å². The summed E-state index contributed by atoms with van der Waals surface area (Å²) < 4.78 is 0. The first-order chi connectivity index (χ1) is 8.58. The van der Waals surface area contributed by atoms with Gasteiger partial charge >= 0.3 is 0 Å². The molecule has 0 fully saturated rings. The molecule has 0 saturated carbocycles. The average Bonchev–Trinajstić information content (AvgIpc) is 2.36. The van der Waals surface area contributed by atoms with E-state index in [2.05, 4.69) is 15.3 Å². The fourth-order valence-electron chi connectivity index (χ4n) is 1.27. The molecule has 0 spiro atoms. The average molecular weight is 283 g/mol. The van der Waals surface area contributed by atoms with Gasteiger partial charge in [-0.25, -0.2) is 4.98 Å². The minimum atomic E-state index is -0.390. The zero-order valence-electron chi connectivity index (χ0n) is 9.02. The molecule has 0 unspecified atom stereocenters. The summed E-state index contributed by atoms with van der Waals surface area (Å²) in [4.78, 5) is 19.6. The van der Waals surface area contributed by atoms with Crippen LogP contribution in [0.25, 0.3) is 0 Å². The molecule has 0 atom stereocenters. The lowest BCUT2D eigenvalue weighted by Gasteiger charge is -2.06. The van der Waals surface area contributed by atoms with E-state index in [9.17, 15) is 4.79 Å². The number of halogens is 2. The summed E-state index contributed by atoms with van der Waals surface area (Å²) in [6.45, 7) is 0. The van der Waals surface area contributed by atoms with Crippen molar-refractivity contribution in [1.29, 1.82) is 0 Å². The number of nitrogens with zero attached hydrogens (tertiary/aromatic N) is 2. The zero-order chi connectivity index (χ0) is 13.1. The van der Waals surface area contributed by atoms with E-state index in [1.165, 1.54) is 30.7 Å². The first kappa shape index (κ1) is 12.6. The first-order valence-corrected chi connectivity index (χ1v) is 5.65. The minimum absolute atomic E-state index is 0.229. The van der Waals surface area contributed by atoms with Gasteiger partial charge in [0, 0.05) is 18.0 Å². The van der Waals surface area contributed by atoms with Crippen LogP contribution in [0.5, 0.6) is 0 Å². The molecule has 5 nitrogen and oxygen atoms in total. The topological polar surface area (TPSA) is 80.9 Å². The van der Waals surface area contributed by atoms with Gasteiger partial charge in [0.25, 0.3) is 5.91 Å². The summed E-state index contributed by atoms with van der Waals surface area (Å²) in [7, 11) is 0. The second kappa shape index (κ2) is 5.20. The number of rotatable bonds is 2. The van der Waals surface area contributed by atoms with Crippen LogP contribution in [0.2, 0.25) is 10.0 Å². The van der Waals surface area contributed by atoms with E-state index in [-0.39, 0.29) is 21.6 Å². The molecular formula is C11H8Cl2N4O. The summed E-state index contributed by atoms with van der Waals surface area (Å²) in [6.07, 6.45) is 4.41. The lowest BCUT2D eigenvalue weighted by atomic mass is 10.2. The van der Waals surface area contributed by atoms with Gasteiger partial charge in [-0.1, -0.05) is 23.2 Å². The quantitative estimate of drug-likeness (QED) is 0.830. The smallest absolute Gasteiger partial charge is 0.256 e. The number of hydrogen-bond acceptors (Lipinski definition) is 4. The van der Waals surface area contributed by atoms with E-state index in [1.54, 1.807) is 0 Å². The van der Waals surface area contributed by atoms with E-state index in [1.807, 2.05) is 0 Å². The molecule has 0 aliphatic carbocycles. The molecule has 0 bridgehead atoms. The first-order valence-electron chi connectivity index (χ1n) is 4.90. The Kier molecular flexibility index (Phi) is 3.64. The van der Waals surface area contributed by atoms with Gasteiger partial charge in [-0.15, -0.1) is 0 Å². The van der Waals surface area contributed by atoms with Gasteiger partial charge in [0.2, 0.25) is 0 Å². The highest BCUT2D eigenvalue weighted by Crippen LogP contribution is 2.28. The number of hydrogen-bond donors (Lipinski definition) is 2. The highest BCUT2D eigenvalue weighted by molar-refractivity contribution is 6.39. The molecule has 0 aliphatic rings. The third kappa shape index (κ3) is 2.69. The van der Waals surface area contributed by atoms with Crippen molar-refractivity contribution in [3.63, 3.8) is 0 Å². The second-order valence-corrected chi connectivity index (χ2v) is 4.21. The van der Waals surface area contributed by atoms with Crippen molar-refractivity contribution in [3.05, 3.63) is 46.3 Å². The number of carbonyl (C=O) groups excluding carboxylic acids is 1. The maximum absolute atomic E-state index is 11.9. The van der Waals surface area contributed by atoms with Crippen LogP contribution in [0, 0.1) is 0 Å². The summed E-state index contributed by atoms with van der Waals surface area (Å²) in [5.41, 5.74) is 6.13. The molecule has 0 aliphatic heterocycles. The van der Waals surface area contributed by atoms with Crippen LogP contribution in [0.15, 0.2) is 30.7 Å². The van der Waals surface area contributed by atoms with Gasteiger partial charge in [0.1, 0.15) is 0 Å². The fraction of sp³-hybridized carbons (Fsp3) is 0. The van der Waals surface area contributed by atoms with Gasteiger partial charge in [-0.3, -0.25) is 9.78 Å². The highest BCUT2D eigenvalue weighted by Gasteiger charge is 2.11. The van der Waals surface area contributed by atoms with Crippen LogP contribution in [0.1, 0.15) is 10.4 Å². The number of nitrogens with one attached hydrogen (secondary N) is 1. The van der Waals surface area contributed by atoms with E-state index in [0.29, 0.717) is 11.4 Å². The lowest BCUT2D eigenvalue weighted by Crippen LogP contribution is -2.13. The zero-order valence-corrected chi connectivity index (χ0v) is 10.5. The van der Waals surface area contributed by atoms with Crippen LogP contribution in [-0.2, 0) is 0 Å². The molecule has 2 rings (SSSR count). The van der Waals surface area contributed by atoms with Crippen LogP contribution in [-0.4, -0.2) is 15.9 Å². The predicted octanol–water partition coefficient (Wildman–Crippen LogP) is 2.62. The van der Waals surface area contributed by atoms with Crippen LogP contribution < -0.4 is 11.1 Å². The van der Waals surface area contributed by atoms with Crippen molar-refractivity contribution in [3.8, 4) is 0 Å². The fourth-order valence-corrected chi connectivity index (χ4v) is 1.75. The second-order valence-electron chi connectivity index (χ2n) is 3.40. The van der Waals surface area contributed by atoms with Crippen molar-refractivity contribution in [2.24, 2.45) is 0 Å². The molecule has 0 radical (unpaired) electrons. The Morgan fingerprint density at radius 1 is 1.22 bits per heavy atom. The Morgan fingerprint density at radius 2 is 1.89 bits per heavy atom. The standard InChI is InChI=1S/C11H8Cl2N4O/c12-7-3-6(4-8(13)10(7)14)11(18)17-9-5-15-1-2-16-9/h1-5H,14H2,(H,16,17,18). The molecular weight excluding hydrogens is 275 g/mol. The SMILES string of the molecule is Nc1c(Cl)cc(C(=O)Nc2cnccn2)cc1Cl. The Bertz CT molecular complexity index is 566. The number of nitrogens with two attached hydrogens (primary N) is 1. The Morgan fingerprint density at radius 3 is 2.44 bits per heavy atom. The van der Waals surface area contributed by atoms with Gasteiger partial charge in [0.05, 0.1) is 21.9 Å². The molecule has 1 amide bonds. The van der Waals surface area contributed by atoms with E-state index in [4.69, 9.17) is 28.9 Å². The van der Waals surface area contributed by atoms with Crippen molar-refractivity contribution in [2.45, 2.75) is 0 Å². The number of anilines is 2. The van der Waals surface area contributed by atoms with Crippen molar-refractivity contribution >= 4 is 40.6 Å². The van der Waals surface area contributed by atoms with Crippen molar-refractivity contribution in [1.82, 2.24) is 9.97 Å². The Balaban J connectivity index is 2.25. The number of aromatic nitrogens is 2. The monoisotopic (exact) mass is 282 g/mol. The maximum Gasteiger partial charge on any atom is 0.256 e. The highest BCUT2D eigenvalue weighted by atomic mass is 35.5. The van der Waals surface area contributed by atoms with Crippen LogP contribution >= 0.6 is 23.2 Å². The largest absolute Gasteiger partial charge is 0.396 e. The summed E-state index contributed by atoms with van der Waals surface area (Å²) >= 11 is 11.7. The Labute approximate surface area is 113 Å². The summed E-state index contributed by atoms with van der Waals surface area (Å²) in [5, 5.41) is 3.02. The van der Waals surface area contributed by atoms with E-state index in [0.717, 1.165) is 0 Å². The molecule has 0 saturated heterocycles. The third-order valence-corrected chi connectivity index (χ3v) is 2.77. The number of nitrogen functional groups attached to an aromatic ring is 1. The van der Waals surface area contributed by atoms with Crippen molar-refractivity contribution in [2.75, 3.05) is 11.1 Å². The molecule has 2 aromatic rings. The Hall–Kier alpha value is -1.85. The van der Waals surface area contributed by atoms with E-state index >= 15 is 0 Å². The lowest BCUT2D eigenvalue weighted by molar-refractivity contribution is 0.102. The van der Waals surface area contributed by atoms with Gasteiger partial charge < -0.3 is 11.1 Å². The van der Waals surface area contributed by atoms with Gasteiger partial charge in [-0.05, 0) is 12.1 Å². The molecule has 1 heterocycles. The molecule has 3 N–H and O–H groups in total. The maximum atomic E-state index is 11.9. The number of amides is 1. The van der Waals surface area contributed by atoms with E-state index < -0.39 is 0 Å². The third-order valence-electron chi connectivity index (χ3n) is 2.15. The molecule has 1 aromatic carbocycles. The normalized spacial score (nSPS) is 10.1. The van der Waals surface area contributed by atoms with Crippen LogP contribution in [0.4, 0.5) is 11.5 Å². The van der Waals surface area contributed by atoms with Crippen LogP contribution in [0.3, 0.4) is 0 Å². The molecule has 18 heavy (non-hydrogen) atoms. The van der Waals surface area contributed by atoms with Gasteiger partial charge in [0.15, 0.2) is 5.82 Å². The minimum Gasteiger partial charge on any atom is -0.396 e. The molecule has 92 valence electrons. The molecule has 1 aromatic heterocycles. The summed E-state index contributed by atoms with van der Waals surface area (Å²) in [6, 6.07) is 2.88. The summed E-state index contributed by atoms with van der Waals surface area (Å²) in [5.74, 6) is -0.0501. The van der Waals surface area contributed by atoms with Gasteiger partial charge in [-0.2, -0.15) is 0 Å². The molecule has 7 heteroatoms. The number of benzene rings is 1.